The fraction of sp³-hybridized carbons (Fsp3) is 0.417. The summed E-state index contributed by atoms with van der Waals surface area (Å²) in [6, 6.07) is 6.25. The van der Waals surface area contributed by atoms with Gasteiger partial charge in [-0.05, 0) is 31.4 Å². The maximum atomic E-state index is 10.6. The number of hydrogen-bond donors (Lipinski definition) is 1. The molecule has 1 N–H and O–H groups in total. The van der Waals surface area contributed by atoms with Crippen LogP contribution in [0.4, 0.5) is 4.79 Å². The lowest BCUT2D eigenvalue weighted by Gasteiger charge is -2.13. The van der Waals surface area contributed by atoms with Crippen LogP contribution in [0.15, 0.2) is 18.2 Å². The van der Waals surface area contributed by atoms with Crippen molar-refractivity contribution in [1.82, 2.24) is 4.90 Å². The molecule has 1 amide bonds. The van der Waals surface area contributed by atoms with E-state index in [0.29, 0.717) is 6.54 Å². The Morgan fingerprint density at radius 3 is 2.60 bits per heavy atom. The van der Waals surface area contributed by atoms with E-state index < -0.39 is 6.09 Å². The molecule has 0 aromatic heterocycles. The monoisotopic (exact) mass is 207 g/mol. The minimum Gasteiger partial charge on any atom is -0.465 e. The molecule has 0 bridgehead atoms. The van der Waals surface area contributed by atoms with Crippen LogP contribution in [-0.4, -0.2) is 29.7 Å². The van der Waals surface area contributed by atoms with Gasteiger partial charge < -0.3 is 10.0 Å². The summed E-state index contributed by atoms with van der Waals surface area (Å²) >= 11 is 0. The highest BCUT2D eigenvalue weighted by molar-refractivity contribution is 5.64. The van der Waals surface area contributed by atoms with Gasteiger partial charge in [0.15, 0.2) is 0 Å². The molecule has 3 heteroatoms. The fourth-order valence-electron chi connectivity index (χ4n) is 1.51. The smallest absolute Gasteiger partial charge is 0.407 e. The first-order valence-corrected chi connectivity index (χ1v) is 5.01. The first-order chi connectivity index (χ1) is 7.00. The zero-order chi connectivity index (χ0) is 11.4. The lowest BCUT2D eigenvalue weighted by atomic mass is 10.0. The molecule has 1 aromatic carbocycles. The van der Waals surface area contributed by atoms with Crippen molar-refractivity contribution < 1.29 is 9.90 Å². The van der Waals surface area contributed by atoms with Gasteiger partial charge in [-0.15, -0.1) is 0 Å². The Balaban J connectivity index is 2.62. The van der Waals surface area contributed by atoms with E-state index in [9.17, 15) is 4.79 Å². The SMILES string of the molecule is Cc1ccc(CCN(C)C(=O)O)c(C)c1. The normalized spacial score (nSPS) is 10.1. The quantitative estimate of drug-likeness (QED) is 0.827. The van der Waals surface area contributed by atoms with E-state index in [1.807, 2.05) is 0 Å². The summed E-state index contributed by atoms with van der Waals surface area (Å²) in [5.41, 5.74) is 3.69. The summed E-state index contributed by atoms with van der Waals surface area (Å²) in [5, 5.41) is 8.70. The number of aryl methyl sites for hydroxylation is 2. The van der Waals surface area contributed by atoms with Crippen LogP contribution in [0.2, 0.25) is 0 Å². The standard InChI is InChI=1S/C12H17NO2/c1-9-4-5-11(10(2)8-9)6-7-13(3)12(14)15/h4-5,8H,6-7H2,1-3H3,(H,14,15). The largest absolute Gasteiger partial charge is 0.465 e. The molecular formula is C12H17NO2. The number of amides is 1. The third-order valence-corrected chi connectivity index (χ3v) is 2.54. The Kier molecular flexibility index (Phi) is 3.72. The highest BCUT2D eigenvalue weighted by Crippen LogP contribution is 2.11. The van der Waals surface area contributed by atoms with E-state index in [2.05, 4.69) is 32.0 Å². The van der Waals surface area contributed by atoms with Crippen molar-refractivity contribution in [3.63, 3.8) is 0 Å². The highest BCUT2D eigenvalue weighted by atomic mass is 16.4. The Morgan fingerprint density at radius 1 is 1.40 bits per heavy atom. The van der Waals surface area contributed by atoms with Crippen LogP contribution in [0.25, 0.3) is 0 Å². The molecular weight excluding hydrogens is 190 g/mol. The van der Waals surface area contributed by atoms with Crippen molar-refractivity contribution in [2.24, 2.45) is 0 Å². The van der Waals surface area contributed by atoms with E-state index in [1.165, 1.54) is 21.6 Å². The molecule has 0 unspecified atom stereocenters. The van der Waals surface area contributed by atoms with Crippen molar-refractivity contribution in [2.75, 3.05) is 13.6 Å². The van der Waals surface area contributed by atoms with Gasteiger partial charge in [-0.25, -0.2) is 4.79 Å². The van der Waals surface area contributed by atoms with Crippen LogP contribution < -0.4 is 0 Å². The number of rotatable bonds is 3. The van der Waals surface area contributed by atoms with Gasteiger partial charge in [0.05, 0.1) is 0 Å². The van der Waals surface area contributed by atoms with Gasteiger partial charge in [0.1, 0.15) is 0 Å². The van der Waals surface area contributed by atoms with E-state index in [0.717, 1.165) is 6.42 Å². The molecule has 0 saturated carbocycles. The zero-order valence-corrected chi connectivity index (χ0v) is 9.45. The average molecular weight is 207 g/mol. The summed E-state index contributed by atoms with van der Waals surface area (Å²) in [7, 11) is 1.59. The molecule has 0 aliphatic rings. The number of likely N-dealkylation sites (N-methyl/N-ethyl adjacent to an activating group) is 1. The van der Waals surface area contributed by atoms with Gasteiger partial charge in [0, 0.05) is 13.6 Å². The Morgan fingerprint density at radius 2 is 2.07 bits per heavy atom. The first kappa shape index (κ1) is 11.6. The van der Waals surface area contributed by atoms with E-state index >= 15 is 0 Å². The Labute approximate surface area is 90.3 Å². The van der Waals surface area contributed by atoms with Crippen LogP contribution in [0.1, 0.15) is 16.7 Å². The van der Waals surface area contributed by atoms with Gasteiger partial charge in [-0.2, -0.15) is 0 Å². The van der Waals surface area contributed by atoms with Crippen molar-refractivity contribution in [3.05, 3.63) is 34.9 Å². The molecule has 0 saturated heterocycles. The molecule has 0 atom stereocenters. The fourth-order valence-corrected chi connectivity index (χ4v) is 1.51. The summed E-state index contributed by atoms with van der Waals surface area (Å²) in [5.74, 6) is 0. The molecule has 3 nitrogen and oxygen atoms in total. The predicted molar refractivity (Wildman–Crippen MR) is 60.3 cm³/mol. The number of hydrogen-bond acceptors (Lipinski definition) is 1. The maximum Gasteiger partial charge on any atom is 0.407 e. The minimum atomic E-state index is -0.875. The van der Waals surface area contributed by atoms with Crippen molar-refractivity contribution in [1.29, 1.82) is 0 Å². The second kappa shape index (κ2) is 4.82. The van der Waals surface area contributed by atoms with Gasteiger partial charge in [-0.3, -0.25) is 0 Å². The van der Waals surface area contributed by atoms with E-state index in [1.54, 1.807) is 7.05 Å². The highest BCUT2D eigenvalue weighted by Gasteiger charge is 2.06. The molecule has 82 valence electrons. The molecule has 1 aromatic rings. The van der Waals surface area contributed by atoms with Crippen molar-refractivity contribution in [2.45, 2.75) is 20.3 Å². The second-order valence-corrected chi connectivity index (χ2v) is 3.88. The van der Waals surface area contributed by atoms with Crippen molar-refractivity contribution in [3.8, 4) is 0 Å². The Bertz CT molecular complexity index is 361. The average Bonchev–Trinajstić information content (AvgIpc) is 2.15. The summed E-state index contributed by atoms with van der Waals surface area (Å²) in [6.45, 7) is 4.66. The van der Waals surface area contributed by atoms with Gasteiger partial charge in [0.2, 0.25) is 0 Å². The minimum absolute atomic E-state index is 0.541. The Hall–Kier alpha value is -1.51. The first-order valence-electron chi connectivity index (χ1n) is 5.01. The van der Waals surface area contributed by atoms with E-state index in [4.69, 9.17) is 5.11 Å². The van der Waals surface area contributed by atoms with Gasteiger partial charge >= 0.3 is 6.09 Å². The van der Waals surface area contributed by atoms with Crippen LogP contribution in [0.5, 0.6) is 0 Å². The number of nitrogens with zero attached hydrogens (tertiary/aromatic N) is 1. The third-order valence-electron chi connectivity index (χ3n) is 2.54. The topological polar surface area (TPSA) is 40.5 Å². The molecule has 0 spiro atoms. The van der Waals surface area contributed by atoms with Crippen LogP contribution in [-0.2, 0) is 6.42 Å². The van der Waals surface area contributed by atoms with Gasteiger partial charge in [-0.1, -0.05) is 23.8 Å². The van der Waals surface area contributed by atoms with Crippen LogP contribution >= 0.6 is 0 Å². The number of benzene rings is 1. The predicted octanol–water partition coefficient (Wildman–Crippen LogP) is 2.46. The van der Waals surface area contributed by atoms with Crippen LogP contribution in [0.3, 0.4) is 0 Å². The lowest BCUT2D eigenvalue weighted by Crippen LogP contribution is -2.27. The number of carboxylic acid groups (broad SMARTS) is 1. The lowest BCUT2D eigenvalue weighted by molar-refractivity contribution is 0.156. The molecule has 0 heterocycles. The van der Waals surface area contributed by atoms with E-state index in [-0.39, 0.29) is 0 Å². The molecule has 0 fully saturated rings. The zero-order valence-electron chi connectivity index (χ0n) is 9.45. The maximum absolute atomic E-state index is 10.6. The van der Waals surface area contributed by atoms with Crippen LogP contribution in [0, 0.1) is 13.8 Å². The molecule has 0 aliphatic carbocycles. The van der Waals surface area contributed by atoms with Gasteiger partial charge in [0.25, 0.3) is 0 Å². The molecule has 0 radical (unpaired) electrons. The molecule has 0 aliphatic heterocycles. The summed E-state index contributed by atoms with van der Waals surface area (Å²) in [6.07, 6.45) is -0.102. The molecule has 1 rings (SSSR count). The summed E-state index contributed by atoms with van der Waals surface area (Å²) in [4.78, 5) is 11.9. The number of carbonyl (C=O) groups is 1. The van der Waals surface area contributed by atoms with Crippen molar-refractivity contribution >= 4 is 6.09 Å². The third kappa shape index (κ3) is 3.27. The summed E-state index contributed by atoms with van der Waals surface area (Å²) < 4.78 is 0. The second-order valence-electron chi connectivity index (χ2n) is 3.88. The molecule has 15 heavy (non-hydrogen) atoms.